The maximum atomic E-state index is 13.4. The summed E-state index contributed by atoms with van der Waals surface area (Å²) in [7, 11) is 0. The zero-order chi connectivity index (χ0) is 17.6. The fraction of sp³-hybridized carbons (Fsp3) is 0. The number of benzene rings is 3. The number of fused-ring (bicyclic) bond motifs is 1. The lowest BCUT2D eigenvalue weighted by molar-refractivity contribution is 0.433. The van der Waals surface area contributed by atoms with Crippen molar-refractivity contribution in [3.05, 3.63) is 71.6 Å². The summed E-state index contributed by atoms with van der Waals surface area (Å²) in [6.07, 6.45) is 1.55. The van der Waals surface area contributed by atoms with Gasteiger partial charge in [0.05, 0.1) is 22.4 Å². The maximum Gasteiger partial charge on any atom is 0.165 e. The average Bonchev–Trinajstić information content (AvgIpc) is 3.00. The lowest BCUT2D eigenvalue weighted by Gasteiger charge is -2.07. The summed E-state index contributed by atoms with van der Waals surface area (Å²) >= 11 is 5.95. The van der Waals surface area contributed by atoms with E-state index in [0.717, 1.165) is 16.8 Å². The molecule has 0 amide bonds. The molecule has 124 valence electrons. The molecule has 0 saturated carbocycles. The second kappa shape index (κ2) is 5.79. The van der Waals surface area contributed by atoms with E-state index in [-0.39, 0.29) is 10.8 Å². The number of nitrogens with zero attached hydrogens (tertiary/aromatic N) is 2. The highest BCUT2D eigenvalue weighted by Crippen LogP contribution is 2.30. The van der Waals surface area contributed by atoms with E-state index in [0.29, 0.717) is 10.9 Å². The van der Waals surface area contributed by atoms with Gasteiger partial charge in [-0.3, -0.25) is 0 Å². The smallest absolute Gasteiger partial charge is 0.165 e. The predicted octanol–water partition coefficient (Wildman–Crippen LogP) is 4.90. The number of hydrogen-bond donors (Lipinski definition) is 2. The minimum Gasteiger partial charge on any atom is -0.506 e. The van der Waals surface area contributed by atoms with E-state index >= 15 is 0 Å². The summed E-state index contributed by atoms with van der Waals surface area (Å²) in [6.45, 7) is 0. The fourth-order valence-electron chi connectivity index (χ4n) is 2.72. The number of aromatic hydroxyl groups is 2. The summed E-state index contributed by atoms with van der Waals surface area (Å²) in [5.74, 6) is -1.05. The Balaban J connectivity index is 1.75. The molecule has 4 aromatic rings. The van der Waals surface area contributed by atoms with Crippen molar-refractivity contribution in [3.8, 4) is 28.3 Å². The maximum absolute atomic E-state index is 13.4. The van der Waals surface area contributed by atoms with Crippen LogP contribution in [0.4, 0.5) is 4.39 Å². The third-order valence-electron chi connectivity index (χ3n) is 4.03. The van der Waals surface area contributed by atoms with Gasteiger partial charge in [-0.15, -0.1) is 0 Å². The fourth-order valence-corrected chi connectivity index (χ4v) is 2.90. The van der Waals surface area contributed by atoms with Crippen LogP contribution in [0.3, 0.4) is 0 Å². The van der Waals surface area contributed by atoms with E-state index < -0.39 is 11.6 Å². The molecular weight excluding hydrogens is 343 g/mol. The van der Waals surface area contributed by atoms with E-state index in [2.05, 4.69) is 5.10 Å². The molecule has 0 bridgehead atoms. The number of hydrogen-bond acceptors (Lipinski definition) is 3. The number of rotatable bonds is 2. The first-order valence-electron chi connectivity index (χ1n) is 7.48. The van der Waals surface area contributed by atoms with Crippen LogP contribution < -0.4 is 0 Å². The molecular formula is C19H12ClFN2O2. The van der Waals surface area contributed by atoms with Gasteiger partial charge >= 0.3 is 0 Å². The Kier molecular flexibility index (Phi) is 3.58. The molecule has 6 heteroatoms. The van der Waals surface area contributed by atoms with Crippen LogP contribution in [-0.4, -0.2) is 20.0 Å². The van der Waals surface area contributed by atoms with Crippen LogP contribution in [0.2, 0.25) is 5.02 Å². The first kappa shape index (κ1) is 15.5. The Labute approximate surface area is 147 Å². The quantitative estimate of drug-likeness (QED) is 0.538. The van der Waals surface area contributed by atoms with Crippen molar-refractivity contribution in [2.24, 2.45) is 0 Å². The molecule has 0 aliphatic heterocycles. The molecule has 1 heterocycles. The molecule has 0 aliphatic carbocycles. The van der Waals surface area contributed by atoms with Gasteiger partial charge in [0.2, 0.25) is 0 Å². The van der Waals surface area contributed by atoms with E-state index in [4.69, 9.17) is 11.6 Å². The number of phenols is 2. The summed E-state index contributed by atoms with van der Waals surface area (Å²) in [5.41, 5.74) is 3.18. The van der Waals surface area contributed by atoms with Crippen LogP contribution in [0.5, 0.6) is 11.5 Å². The molecule has 2 N–H and O–H groups in total. The standard InChI is InChI=1S/C19H12ClFN2O2/c20-15-7-12(3-6-18(15)24)11-1-4-14(5-2-11)23-17-9-19(25)16(21)8-13(17)10-22-23/h1-10,24-25H. The third kappa shape index (κ3) is 2.68. The second-order valence-corrected chi connectivity index (χ2v) is 6.04. The zero-order valence-corrected chi connectivity index (χ0v) is 13.6. The van der Waals surface area contributed by atoms with Crippen molar-refractivity contribution in [2.75, 3.05) is 0 Å². The molecule has 4 nitrogen and oxygen atoms in total. The van der Waals surface area contributed by atoms with Gasteiger partial charge in [-0.1, -0.05) is 29.8 Å². The second-order valence-electron chi connectivity index (χ2n) is 5.63. The van der Waals surface area contributed by atoms with Crippen LogP contribution in [0.1, 0.15) is 0 Å². The van der Waals surface area contributed by atoms with E-state index in [1.807, 2.05) is 24.3 Å². The molecule has 25 heavy (non-hydrogen) atoms. The van der Waals surface area contributed by atoms with Crippen molar-refractivity contribution < 1.29 is 14.6 Å². The van der Waals surface area contributed by atoms with Crippen molar-refractivity contribution in [3.63, 3.8) is 0 Å². The molecule has 0 spiro atoms. The summed E-state index contributed by atoms with van der Waals surface area (Å²) in [5, 5.41) is 24.3. The van der Waals surface area contributed by atoms with Crippen molar-refractivity contribution in [1.82, 2.24) is 9.78 Å². The zero-order valence-electron chi connectivity index (χ0n) is 12.8. The highest BCUT2D eigenvalue weighted by molar-refractivity contribution is 6.32. The van der Waals surface area contributed by atoms with Crippen molar-refractivity contribution >= 4 is 22.5 Å². The Morgan fingerprint density at radius 1 is 0.880 bits per heavy atom. The monoisotopic (exact) mass is 354 g/mol. The van der Waals surface area contributed by atoms with Gasteiger partial charge in [0.15, 0.2) is 11.6 Å². The largest absolute Gasteiger partial charge is 0.506 e. The number of phenolic OH excluding ortho intramolecular Hbond substituents is 2. The summed E-state index contributed by atoms with van der Waals surface area (Å²) in [4.78, 5) is 0. The number of halogens is 2. The first-order valence-corrected chi connectivity index (χ1v) is 7.86. The van der Waals surface area contributed by atoms with Crippen LogP contribution in [0.15, 0.2) is 60.8 Å². The van der Waals surface area contributed by atoms with Gasteiger partial charge in [-0.2, -0.15) is 5.10 Å². The average molecular weight is 355 g/mol. The predicted molar refractivity (Wildman–Crippen MR) is 94.8 cm³/mol. The topological polar surface area (TPSA) is 58.3 Å². The van der Waals surface area contributed by atoms with Crippen LogP contribution in [0, 0.1) is 5.82 Å². The third-order valence-corrected chi connectivity index (χ3v) is 4.33. The first-order chi connectivity index (χ1) is 12.0. The van der Waals surface area contributed by atoms with Gasteiger partial charge in [0.1, 0.15) is 5.75 Å². The molecule has 3 aromatic carbocycles. The molecule has 0 fully saturated rings. The van der Waals surface area contributed by atoms with E-state index in [1.54, 1.807) is 29.1 Å². The van der Waals surface area contributed by atoms with Gasteiger partial charge in [-0.05, 0) is 41.5 Å². The molecule has 0 radical (unpaired) electrons. The molecule has 0 aliphatic rings. The van der Waals surface area contributed by atoms with Gasteiger partial charge in [-0.25, -0.2) is 9.07 Å². The van der Waals surface area contributed by atoms with E-state index in [1.165, 1.54) is 12.1 Å². The van der Waals surface area contributed by atoms with Gasteiger partial charge < -0.3 is 10.2 Å². The minimum atomic E-state index is -0.674. The lowest BCUT2D eigenvalue weighted by Crippen LogP contribution is -1.95. The van der Waals surface area contributed by atoms with Gasteiger partial charge in [0.25, 0.3) is 0 Å². The van der Waals surface area contributed by atoms with Crippen LogP contribution in [-0.2, 0) is 0 Å². The molecule has 1 aromatic heterocycles. The molecule has 0 saturated heterocycles. The SMILES string of the molecule is Oc1cc2c(cnn2-c2ccc(-c3ccc(O)c(Cl)c3)cc2)cc1F. The highest BCUT2D eigenvalue weighted by Gasteiger charge is 2.10. The van der Waals surface area contributed by atoms with Crippen LogP contribution >= 0.6 is 11.6 Å². The number of aromatic nitrogens is 2. The van der Waals surface area contributed by atoms with Crippen LogP contribution in [0.25, 0.3) is 27.7 Å². The highest BCUT2D eigenvalue weighted by atomic mass is 35.5. The Morgan fingerprint density at radius 3 is 2.32 bits per heavy atom. The Morgan fingerprint density at radius 2 is 1.60 bits per heavy atom. The van der Waals surface area contributed by atoms with Gasteiger partial charge in [0, 0.05) is 11.5 Å². The normalized spacial score (nSPS) is 11.1. The van der Waals surface area contributed by atoms with Crippen molar-refractivity contribution in [2.45, 2.75) is 0 Å². The Hall–Kier alpha value is -3.05. The van der Waals surface area contributed by atoms with Crippen molar-refractivity contribution in [1.29, 1.82) is 0 Å². The minimum absolute atomic E-state index is 0.0390. The molecule has 0 atom stereocenters. The summed E-state index contributed by atoms with van der Waals surface area (Å²) in [6, 6.07) is 15.1. The molecule has 4 rings (SSSR count). The summed E-state index contributed by atoms with van der Waals surface area (Å²) < 4.78 is 15.1. The molecule has 0 unspecified atom stereocenters. The van der Waals surface area contributed by atoms with E-state index in [9.17, 15) is 14.6 Å². The lowest BCUT2D eigenvalue weighted by atomic mass is 10.1. The Bertz CT molecular complexity index is 1090.